The van der Waals surface area contributed by atoms with Gasteiger partial charge in [-0.15, -0.1) is 0 Å². The van der Waals surface area contributed by atoms with E-state index >= 15 is 0 Å². The fourth-order valence-corrected chi connectivity index (χ4v) is 2.92. The van der Waals surface area contributed by atoms with E-state index in [9.17, 15) is 29.7 Å². The quantitative estimate of drug-likeness (QED) is 0.540. The maximum Gasteiger partial charge on any atom is 0.330 e. The van der Waals surface area contributed by atoms with E-state index in [1.807, 2.05) is 0 Å². The molecule has 7 heteroatoms. The van der Waals surface area contributed by atoms with Gasteiger partial charge in [-0.2, -0.15) is 0 Å². The van der Waals surface area contributed by atoms with Crippen molar-refractivity contribution < 1.29 is 34.8 Å². The number of aliphatic hydroxyl groups is 1. The number of hydrogen-bond acceptors (Lipinski definition) is 4. The maximum absolute atomic E-state index is 11.7. The van der Waals surface area contributed by atoms with Crippen LogP contribution in [0.25, 0.3) is 0 Å². The molecule has 118 valence electrons. The molecule has 0 radical (unpaired) electrons. The smallest absolute Gasteiger partial charge is 0.330 e. The van der Waals surface area contributed by atoms with Crippen LogP contribution in [0.4, 0.5) is 0 Å². The summed E-state index contributed by atoms with van der Waals surface area (Å²) in [6, 6.07) is 0. The first-order valence-corrected chi connectivity index (χ1v) is 6.77. The lowest BCUT2D eigenvalue weighted by atomic mass is 9.62. The van der Waals surface area contributed by atoms with E-state index in [1.54, 1.807) is 0 Å². The molecule has 0 heterocycles. The largest absolute Gasteiger partial charge is 0.481 e. The third-order valence-corrected chi connectivity index (χ3v) is 4.23. The number of aliphatic carboxylic acids is 3. The van der Waals surface area contributed by atoms with Crippen LogP contribution in [0, 0.1) is 11.3 Å². The molecule has 1 aliphatic rings. The van der Waals surface area contributed by atoms with Gasteiger partial charge >= 0.3 is 17.9 Å². The lowest BCUT2D eigenvalue weighted by Gasteiger charge is -2.41. The third kappa shape index (κ3) is 3.41. The zero-order valence-electron chi connectivity index (χ0n) is 11.8. The molecule has 1 rings (SSSR count). The Kier molecular flexibility index (Phi) is 5.48. The van der Waals surface area contributed by atoms with Crippen LogP contribution in [0.1, 0.15) is 39.0 Å². The van der Waals surface area contributed by atoms with Gasteiger partial charge in [-0.05, 0) is 26.2 Å². The van der Waals surface area contributed by atoms with E-state index in [0.29, 0.717) is 12.8 Å². The van der Waals surface area contributed by atoms with Crippen molar-refractivity contribution in [1.29, 1.82) is 0 Å². The fraction of sp³-hybridized carbons (Fsp3) is 0.643. The molecule has 4 N–H and O–H groups in total. The van der Waals surface area contributed by atoms with Crippen molar-refractivity contribution in [3.05, 3.63) is 11.6 Å². The van der Waals surface area contributed by atoms with Crippen molar-refractivity contribution in [2.75, 3.05) is 0 Å². The van der Waals surface area contributed by atoms with Crippen LogP contribution in [0.15, 0.2) is 11.6 Å². The molecule has 0 aromatic rings. The van der Waals surface area contributed by atoms with Crippen LogP contribution in [0.5, 0.6) is 0 Å². The average Bonchev–Trinajstić information content (AvgIpc) is 2.43. The predicted octanol–water partition coefficient (Wildman–Crippen LogP) is 1.11. The Bertz CT molecular complexity index is 468. The minimum absolute atomic E-state index is 0.0164. The van der Waals surface area contributed by atoms with Gasteiger partial charge in [0.05, 0.1) is 12.0 Å². The SMILES string of the molecule is CC(=CCC(O)C1(C(=O)O)CCCCC1C(=O)O)C(=O)O. The number of carboxylic acid groups (broad SMARTS) is 3. The van der Waals surface area contributed by atoms with Crippen molar-refractivity contribution in [3.63, 3.8) is 0 Å². The third-order valence-electron chi connectivity index (χ3n) is 4.23. The Morgan fingerprint density at radius 2 is 1.86 bits per heavy atom. The summed E-state index contributed by atoms with van der Waals surface area (Å²) in [6.07, 6.45) is 0.975. The topological polar surface area (TPSA) is 132 Å². The van der Waals surface area contributed by atoms with Crippen LogP contribution < -0.4 is 0 Å². The van der Waals surface area contributed by atoms with E-state index in [0.717, 1.165) is 0 Å². The molecule has 0 aromatic carbocycles. The molecule has 0 aliphatic heterocycles. The Hall–Kier alpha value is -1.89. The number of hydrogen-bond donors (Lipinski definition) is 4. The first-order chi connectivity index (χ1) is 9.73. The lowest BCUT2D eigenvalue weighted by molar-refractivity contribution is -0.176. The fourth-order valence-electron chi connectivity index (χ4n) is 2.92. The van der Waals surface area contributed by atoms with Gasteiger partial charge in [-0.1, -0.05) is 18.9 Å². The summed E-state index contributed by atoms with van der Waals surface area (Å²) in [7, 11) is 0. The maximum atomic E-state index is 11.7. The average molecular weight is 300 g/mol. The van der Waals surface area contributed by atoms with Crippen LogP contribution >= 0.6 is 0 Å². The Labute approximate surface area is 121 Å². The molecule has 0 spiro atoms. The molecule has 0 bridgehead atoms. The summed E-state index contributed by atoms with van der Waals surface area (Å²) in [5.74, 6) is -4.92. The lowest BCUT2D eigenvalue weighted by Crippen LogP contribution is -2.52. The molecule has 0 aromatic heterocycles. The first-order valence-electron chi connectivity index (χ1n) is 6.77. The number of carboxylic acids is 3. The molecular weight excluding hydrogens is 280 g/mol. The van der Waals surface area contributed by atoms with Gasteiger partial charge in [0, 0.05) is 5.57 Å². The second-order valence-corrected chi connectivity index (χ2v) is 5.43. The Balaban J connectivity index is 3.08. The highest BCUT2D eigenvalue weighted by Crippen LogP contribution is 2.45. The summed E-state index contributed by atoms with van der Waals surface area (Å²) in [5.41, 5.74) is -1.78. The van der Waals surface area contributed by atoms with Crippen molar-refractivity contribution in [3.8, 4) is 0 Å². The van der Waals surface area contributed by atoms with Crippen molar-refractivity contribution in [2.24, 2.45) is 11.3 Å². The highest BCUT2D eigenvalue weighted by Gasteiger charge is 2.55. The van der Waals surface area contributed by atoms with Gasteiger partial charge in [0.1, 0.15) is 5.41 Å². The minimum atomic E-state index is -1.76. The van der Waals surface area contributed by atoms with Gasteiger partial charge < -0.3 is 20.4 Å². The van der Waals surface area contributed by atoms with Gasteiger partial charge in [0.15, 0.2) is 0 Å². The van der Waals surface area contributed by atoms with Crippen molar-refractivity contribution >= 4 is 17.9 Å². The summed E-state index contributed by atoms with van der Waals surface area (Å²) in [4.78, 5) is 33.7. The zero-order valence-corrected chi connectivity index (χ0v) is 11.8. The predicted molar refractivity (Wildman–Crippen MR) is 71.7 cm³/mol. The molecule has 1 fully saturated rings. The molecule has 1 aliphatic carbocycles. The summed E-state index contributed by atoms with van der Waals surface area (Å²) < 4.78 is 0. The second kappa shape index (κ2) is 6.71. The standard InChI is InChI=1S/C14H20O7/c1-8(11(16)17)5-6-10(15)14(13(20)21)7-3-2-4-9(14)12(18)19/h5,9-10,15H,2-4,6-7H2,1H3,(H,16,17)(H,18,19)(H,20,21). The minimum Gasteiger partial charge on any atom is -0.481 e. The van der Waals surface area contributed by atoms with Gasteiger partial charge in [0.2, 0.25) is 0 Å². The molecule has 21 heavy (non-hydrogen) atoms. The summed E-state index contributed by atoms with van der Waals surface area (Å²) >= 11 is 0. The molecule has 3 unspecified atom stereocenters. The van der Waals surface area contributed by atoms with Crippen LogP contribution in [-0.4, -0.2) is 44.4 Å². The van der Waals surface area contributed by atoms with Gasteiger partial charge in [-0.25, -0.2) is 4.79 Å². The van der Waals surface area contributed by atoms with Crippen molar-refractivity contribution in [2.45, 2.75) is 45.1 Å². The van der Waals surface area contributed by atoms with Gasteiger partial charge in [-0.3, -0.25) is 9.59 Å². The molecule has 1 saturated carbocycles. The van der Waals surface area contributed by atoms with E-state index in [2.05, 4.69) is 0 Å². The summed E-state index contributed by atoms with van der Waals surface area (Å²) in [6.45, 7) is 1.33. The van der Waals surface area contributed by atoms with Crippen LogP contribution in [0.2, 0.25) is 0 Å². The zero-order chi connectivity index (χ0) is 16.2. The monoisotopic (exact) mass is 300 g/mol. The van der Waals surface area contributed by atoms with Gasteiger partial charge in [0.25, 0.3) is 0 Å². The number of rotatable bonds is 6. The van der Waals surface area contributed by atoms with E-state index in [-0.39, 0.29) is 24.8 Å². The summed E-state index contributed by atoms with van der Waals surface area (Å²) in [5, 5.41) is 37.8. The van der Waals surface area contributed by atoms with Crippen LogP contribution in [-0.2, 0) is 14.4 Å². The van der Waals surface area contributed by atoms with Crippen LogP contribution in [0.3, 0.4) is 0 Å². The molecule has 7 nitrogen and oxygen atoms in total. The normalized spacial score (nSPS) is 27.9. The molecule has 0 amide bonds. The van der Waals surface area contributed by atoms with E-state index in [1.165, 1.54) is 13.0 Å². The highest BCUT2D eigenvalue weighted by molar-refractivity contribution is 5.86. The second-order valence-electron chi connectivity index (χ2n) is 5.43. The molecule has 0 saturated heterocycles. The number of aliphatic hydroxyl groups excluding tert-OH is 1. The first kappa shape index (κ1) is 17.2. The number of carbonyl (C=O) groups is 3. The van der Waals surface area contributed by atoms with E-state index < -0.39 is 35.3 Å². The van der Waals surface area contributed by atoms with Crippen molar-refractivity contribution in [1.82, 2.24) is 0 Å². The molecule has 3 atom stereocenters. The molecular formula is C14H20O7. The Morgan fingerprint density at radius 1 is 1.24 bits per heavy atom. The Morgan fingerprint density at radius 3 is 2.33 bits per heavy atom. The highest BCUT2D eigenvalue weighted by atomic mass is 16.4. The van der Waals surface area contributed by atoms with E-state index in [4.69, 9.17) is 5.11 Å².